The van der Waals surface area contributed by atoms with Crippen LogP contribution in [0.3, 0.4) is 0 Å². The molecule has 1 aromatic carbocycles. The summed E-state index contributed by atoms with van der Waals surface area (Å²) in [5.41, 5.74) is 0. The number of hydrogen-bond acceptors (Lipinski definition) is 3. The van der Waals surface area contributed by atoms with Gasteiger partial charge in [-0.15, -0.1) is 0 Å². The lowest BCUT2D eigenvalue weighted by atomic mass is 10.0. The van der Waals surface area contributed by atoms with Crippen molar-refractivity contribution in [3.05, 3.63) is 29.3 Å². The zero-order valence-electron chi connectivity index (χ0n) is 13.0. The Kier molecular flexibility index (Phi) is 7.34. The van der Waals surface area contributed by atoms with Crippen molar-refractivity contribution in [1.82, 2.24) is 10.2 Å². The molecular formula is C17H27ClN2O. The van der Waals surface area contributed by atoms with Crippen molar-refractivity contribution in [2.75, 3.05) is 32.8 Å². The van der Waals surface area contributed by atoms with Crippen LogP contribution in [0.1, 0.15) is 32.6 Å². The van der Waals surface area contributed by atoms with E-state index in [9.17, 15) is 0 Å². The van der Waals surface area contributed by atoms with Crippen molar-refractivity contribution < 1.29 is 4.74 Å². The van der Waals surface area contributed by atoms with Gasteiger partial charge >= 0.3 is 0 Å². The van der Waals surface area contributed by atoms with E-state index in [2.05, 4.69) is 17.1 Å². The summed E-state index contributed by atoms with van der Waals surface area (Å²) in [6.07, 6.45) is 5.18. The Morgan fingerprint density at radius 2 is 2.05 bits per heavy atom. The van der Waals surface area contributed by atoms with Gasteiger partial charge < -0.3 is 10.1 Å². The SMILES string of the molecule is CCCN(CCOc1ccc(Cl)cc1)CC1CCCCN1. The molecule has 1 saturated heterocycles. The Morgan fingerprint density at radius 3 is 2.71 bits per heavy atom. The second-order valence-corrected chi connectivity index (χ2v) is 6.19. The van der Waals surface area contributed by atoms with Crippen LogP contribution in [0.15, 0.2) is 24.3 Å². The van der Waals surface area contributed by atoms with Crippen LogP contribution in [0, 0.1) is 0 Å². The number of benzene rings is 1. The fourth-order valence-corrected chi connectivity index (χ4v) is 2.95. The monoisotopic (exact) mass is 310 g/mol. The highest BCUT2D eigenvalue weighted by atomic mass is 35.5. The van der Waals surface area contributed by atoms with E-state index in [1.165, 1.54) is 32.2 Å². The van der Waals surface area contributed by atoms with Gasteiger partial charge in [0.2, 0.25) is 0 Å². The second-order valence-electron chi connectivity index (χ2n) is 5.75. The summed E-state index contributed by atoms with van der Waals surface area (Å²) in [4.78, 5) is 2.51. The first kappa shape index (κ1) is 16.6. The summed E-state index contributed by atoms with van der Waals surface area (Å²) < 4.78 is 5.81. The molecule has 21 heavy (non-hydrogen) atoms. The number of piperidine rings is 1. The van der Waals surface area contributed by atoms with E-state index < -0.39 is 0 Å². The summed E-state index contributed by atoms with van der Waals surface area (Å²) in [7, 11) is 0. The van der Waals surface area contributed by atoms with Gasteiger partial charge in [-0.3, -0.25) is 4.90 Å². The van der Waals surface area contributed by atoms with E-state index in [-0.39, 0.29) is 0 Å². The fraction of sp³-hybridized carbons (Fsp3) is 0.647. The van der Waals surface area contributed by atoms with Gasteiger partial charge in [-0.05, 0) is 56.6 Å². The van der Waals surface area contributed by atoms with E-state index in [4.69, 9.17) is 16.3 Å². The first-order valence-electron chi connectivity index (χ1n) is 8.12. The largest absolute Gasteiger partial charge is 0.492 e. The Labute approximate surface area is 133 Å². The molecule has 0 aromatic heterocycles. The molecule has 1 aliphatic heterocycles. The van der Waals surface area contributed by atoms with Gasteiger partial charge in [0.1, 0.15) is 12.4 Å². The van der Waals surface area contributed by atoms with Gasteiger partial charge in [0.25, 0.3) is 0 Å². The van der Waals surface area contributed by atoms with Crippen molar-refractivity contribution in [3.63, 3.8) is 0 Å². The topological polar surface area (TPSA) is 24.5 Å². The maximum atomic E-state index is 5.88. The molecule has 0 bridgehead atoms. The molecule has 2 rings (SSSR count). The highest BCUT2D eigenvalue weighted by molar-refractivity contribution is 6.30. The van der Waals surface area contributed by atoms with Gasteiger partial charge in [-0.25, -0.2) is 0 Å². The van der Waals surface area contributed by atoms with E-state index in [1.807, 2.05) is 24.3 Å². The van der Waals surface area contributed by atoms with Crippen LogP contribution in [0.4, 0.5) is 0 Å². The maximum Gasteiger partial charge on any atom is 0.119 e. The number of nitrogens with one attached hydrogen (secondary N) is 1. The second kappa shape index (κ2) is 9.29. The lowest BCUT2D eigenvalue weighted by Crippen LogP contribution is -2.45. The number of hydrogen-bond donors (Lipinski definition) is 1. The molecule has 0 saturated carbocycles. The van der Waals surface area contributed by atoms with Gasteiger partial charge in [-0.2, -0.15) is 0 Å². The normalized spacial score (nSPS) is 18.9. The molecule has 1 N–H and O–H groups in total. The van der Waals surface area contributed by atoms with Crippen LogP contribution in [0.25, 0.3) is 0 Å². The predicted octanol–water partition coefficient (Wildman–Crippen LogP) is 3.57. The molecular weight excluding hydrogens is 284 g/mol. The number of rotatable bonds is 8. The summed E-state index contributed by atoms with van der Waals surface area (Å²) in [6.45, 7) is 7.40. The molecule has 1 fully saturated rings. The van der Waals surface area contributed by atoms with Gasteiger partial charge in [-0.1, -0.05) is 24.9 Å². The van der Waals surface area contributed by atoms with E-state index in [0.717, 1.165) is 37.0 Å². The Hall–Kier alpha value is -0.770. The Bertz CT molecular complexity index is 390. The first-order chi connectivity index (χ1) is 10.3. The highest BCUT2D eigenvalue weighted by Gasteiger charge is 2.16. The van der Waals surface area contributed by atoms with Crippen molar-refractivity contribution in [1.29, 1.82) is 0 Å². The number of halogens is 1. The minimum Gasteiger partial charge on any atom is -0.492 e. The number of nitrogens with zero attached hydrogens (tertiary/aromatic N) is 1. The van der Waals surface area contributed by atoms with Crippen LogP contribution in [-0.4, -0.2) is 43.7 Å². The van der Waals surface area contributed by atoms with Crippen molar-refractivity contribution in [2.24, 2.45) is 0 Å². The van der Waals surface area contributed by atoms with Crippen molar-refractivity contribution in [3.8, 4) is 5.75 Å². The zero-order chi connectivity index (χ0) is 14.9. The third-order valence-corrected chi connectivity index (χ3v) is 4.17. The molecule has 4 heteroatoms. The first-order valence-corrected chi connectivity index (χ1v) is 8.50. The lowest BCUT2D eigenvalue weighted by molar-refractivity contribution is 0.184. The minimum absolute atomic E-state index is 0.654. The summed E-state index contributed by atoms with van der Waals surface area (Å²) >= 11 is 5.88. The summed E-state index contributed by atoms with van der Waals surface area (Å²) in [6, 6.07) is 8.24. The molecule has 1 unspecified atom stereocenters. The van der Waals surface area contributed by atoms with Crippen LogP contribution < -0.4 is 10.1 Å². The molecule has 1 heterocycles. The van der Waals surface area contributed by atoms with Gasteiger partial charge in [0, 0.05) is 24.2 Å². The zero-order valence-corrected chi connectivity index (χ0v) is 13.7. The summed E-state index contributed by atoms with van der Waals surface area (Å²) in [5, 5.41) is 4.37. The average Bonchev–Trinajstić information content (AvgIpc) is 2.50. The quantitative estimate of drug-likeness (QED) is 0.794. The Balaban J connectivity index is 1.72. The van der Waals surface area contributed by atoms with Crippen LogP contribution >= 0.6 is 11.6 Å². The van der Waals surface area contributed by atoms with E-state index in [0.29, 0.717) is 6.04 Å². The molecule has 1 atom stereocenters. The van der Waals surface area contributed by atoms with E-state index >= 15 is 0 Å². The fourth-order valence-electron chi connectivity index (χ4n) is 2.83. The molecule has 0 aliphatic carbocycles. The molecule has 3 nitrogen and oxygen atoms in total. The van der Waals surface area contributed by atoms with Crippen LogP contribution in [-0.2, 0) is 0 Å². The number of ether oxygens (including phenoxy) is 1. The summed E-state index contributed by atoms with van der Waals surface area (Å²) in [5.74, 6) is 0.895. The molecule has 0 radical (unpaired) electrons. The molecule has 118 valence electrons. The lowest BCUT2D eigenvalue weighted by Gasteiger charge is -2.30. The van der Waals surface area contributed by atoms with Crippen molar-refractivity contribution in [2.45, 2.75) is 38.6 Å². The van der Waals surface area contributed by atoms with E-state index in [1.54, 1.807) is 0 Å². The Morgan fingerprint density at radius 1 is 1.24 bits per heavy atom. The molecule has 0 amide bonds. The van der Waals surface area contributed by atoms with Gasteiger partial charge in [0.05, 0.1) is 0 Å². The van der Waals surface area contributed by atoms with Crippen molar-refractivity contribution >= 4 is 11.6 Å². The molecule has 1 aromatic rings. The highest BCUT2D eigenvalue weighted by Crippen LogP contribution is 2.15. The maximum absolute atomic E-state index is 5.88. The third-order valence-electron chi connectivity index (χ3n) is 3.92. The third kappa shape index (κ3) is 6.25. The smallest absolute Gasteiger partial charge is 0.119 e. The van der Waals surface area contributed by atoms with Crippen LogP contribution in [0.2, 0.25) is 5.02 Å². The standard InChI is InChI=1S/C17H27ClN2O/c1-2-11-20(14-16-5-3-4-10-19-16)12-13-21-17-8-6-15(18)7-9-17/h6-9,16,19H,2-5,10-14H2,1H3. The van der Waals surface area contributed by atoms with Gasteiger partial charge in [0.15, 0.2) is 0 Å². The average molecular weight is 311 g/mol. The predicted molar refractivity (Wildman–Crippen MR) is 89.3 cm³/mol. The van der Waals surface area contributed by atoms with Crippen LogP contribution in [0.5, 0.6) is 5.75 Å². The molecule has 1 aliphatic rings. The molecule has 0 spiro atoms. The minimum atomic E-state index is 0.654.